The van der Waals surface area contributed by atoms with E-state index in [4.69, 9.17) is 14.4 Å². The average Bonchev–Trinajstić information content (AvgIpc) is 1.41. The topological polar surface area (TPSA) is 57.5 Å². The van der Waals surface area contributed by atoms with Crippen LogP contribution in [-0.4, -0.2) is 14.7 Å². The summed E-state index contributed by atoms with van der Waals surface area (Å²) >= 11 is 2.15. The van der Waals surface area contributed by atoms with Crippen LogP contribution in [-0.2, 0) is 4.57 Å². The van der Waals surface area contributed by atoms with Crippen LogP contribution in [0.3, 0.4) is 0 Å². The third-order valence-electron chi connectivity index (χ3n) is 0. The first kappa shape index (κ1) is 9.89. The van der Waals surface area contributed by atoms with Crippen molar-refractivity contribution >= 4 is 30.8 Å². The van der Waals surface area contributed by atoms with Gasteiger partial charge in [-0.2, -0.15) is 0 Å². The van der Waals surface area contributed by atoms with Crippen LogP contribution >= 0.6 is 30.8 Å². The zero-order chi connectivity index (χ0) is 5.58. The van der Waals surface area contributed by atoms with Crippen molar-refractivity contribution in [2.45, 2.75) is 0 Å². The van der Waals surface area contributed by atoms with Gasteiger partial charge in [-0.15, -0.1) is 9.79 Å². The van der Waals surface area contributed by atoms with Crippen LogP contribution < -0.4 is 0 Å². The van der Waals surface area contributed by atoms with E-state index in [0.717, 1.165) is 0 Å². The molecule has 0 bridgehead atoms. The monoisotopic (exact) mass is 223 g/mol. The van der Waals surface area contributed by atoms with E-state index in [9.17, 15) is 0 Å². The van der Waals surface area contributed by atoms with Crippen molar-refractivity contribution in [2.24, 2.45) is 0 Å². The van der Waals surface area contributed by atoms with Gasteiger partial charge in [-0.1, -0.05) is 22.6 Å². The average molecular weight is 223 g/mol. The van der Waals surface area contributed by atoms with Gasteiger partial charge in [0.1, 0.15) is 0 Å². The molecule has 0 aromatic carbocycles. The lowest BCUT2D eigenvalue weighted by atomic mass is 12.0. The second-order valence-corrected chi connectivity index (χ2v) is 0.758. The molecule has 0 radical (unpaired) electrons. The smallest absolute Gasteiger partial charge is 0.134 e. The molecule has 5 heteroatoms. The molecule has 0 atom stereocenters. The number of alkyl halides is 1. The minimum absolute atomic E-state index is 1.97. The molecular formula is CH5IO3P+. The molecule has 0 fully saturated rings. The van der Waals surface area contributed by atoms with Crippen LogP contribution in [0.25, 0.3) is 0 Å². The Morgan fingerprint density at radius 3 is 1.50 bits per heavy atom. The summed E-state index contributed by atoms with van der Waals surface area (Å²) < 4.78 is 8.70. The fourth-order valence-corrected chi connectivity index (χ4v) is 0. The Hall–Kier alpha value is 0.750. The standard InChI is InChI=1S/CH3I.HO3P/c1-2;1-4(2)3/h1H3;(H-,1,2,3)/p+1. The molecule has 2 N–H and O–H groups in total. The molecule has 0 aliphatic carbocycles. The van der Waals surface area contributed by atoms with Crippen molar-refractivity contribution in [1.82, 2.24) is 0 Å². The quantitative estimate of drug-likeness (QED) is 0.360. The van der Waals surface area contributed by atoms with Gasteiger partial charge < -0.3 is 0 Å². The lowest BCUT2D eigenvalue weighted by Crippen LogP contribution is -1.38. The Bertz CT molecular complexity index is 33.8. The second-order valence-electron chi connectivity index (χ2n) is 0.253. The molecule has 0 amide bonds. The number of rotatable bonds is 0. The Balaban J connectivity index is 0. The fraction of sp³-hybridized carbons (Fsp3) is 1.00. The molecule has 0 aromatic heterocycles. The maximum absolute atomic E-state index is 8.70. The summed E-state index contributed by atoms with van der Waals surface area (Å²) in [4.78, 5) is 16.2. The normalized spacial score (nSPS) is 5.33. The molecule has 0 saturated carbocycles. The van der Waals surface area contributed by atoms with Gasteiger partial charge in [0.25, 0.3) is 0 Å². The van der Waals surface area contributed by atoms with Crippen LogP contribution in [0.2, 0.25) is 0 Å². The Labute approximate surface area is 50.5 Å². The molecule has 6 heavy (non-hydrogen) atoms. The van der Waals surface area contributed by atoms with Gasteiger partial charge in [-0.3, -0.25) is 0 Å². The van der Waals surface area contributed by atoms with E-state index < -0.39 is 8.25 Å². The summed E-state index contributed by atoms with van der Waals surface area (Å²) in [5.41, 5.74) is 0. The van der Waals surface area contributed by atoms with Crippen LogP contribution in [0.15, 0.2) is 0 Å². The van der Waals surface area contributed by atoms with Gasteiger partial charge in [-0.05, 0) is 4.93 Å². The van der Waals surface area contributed by atoms with E-state index in [1.54, 1.807) is 0 Å². The molecule has 0 spiro atoms. The van der Waals surface area contributed by atoms with Crippen molar-refractivity contribution in [2.75, 3.05) is 4.93 Å². The number of halogens is 1. The van der Waals surface area contributed by atoms with Crippen LogP contribution in [0.4, 0.5) is 0 Å². The maximum atomic E-state index is 8.70. The van der Waals surface area contributed by atoms with E-state index in [1.165, 1.54) is 0 Å². The highest BCUT2D eigenvalue weighted by molar-refractivity contribution is 14.1. The van der Waals surface area contributed by atoms with Crippen LogP contribution in [0.5, 0.6) is 0 Å². The van der Waals surface area contributed by atoms with Gasteiger partial charge >= 0.3 is 8.25 Å². The van der Waals surface area contributed by atoms with Gasteiger partial charge in [0, 0.05) is 4.57 Å². The van der Waals surface area contributed by atoms with E-state index in [-0.39, 0.29) is 0 Å². The molecule has 0 aliphatic heterocycles. The van der Waals surface area contributed by atoms with Gasteiger partial charge in [0.15, 0.2) is 0 Å². The van der Waals surface area contributed by atoms with Gasteiger partial charge in [-0.25, -0.2) is 0 Å². The molecule has 38 valence electrons. The molecular weight excluding hydrogens is 218 g/mol. The van der Waals surface area contributed by atoms with Crippen LogP contribution in [0, 0.1) is 0 Å². The van der Waals surface area contributed by atoms with E-state index >= 15 is 0 Å². The minimum atomic E-state index is -2.87. The summed E-state index contributed by atoms with van der Waals surface area (Å²) in [5.74, 6) is 0. The highest BCUT2D eigenvalue weighted by Gasteiger charge is 1.93. The molecule has 0 unspecified atom stereocenters. The molecule has 0 rings (SSSR count). The molecule has 0 aromatic rings. The third-order valence-corrected chi connectivity index (χ3v) is 0. The summed E-state index contributed by atoms with van der Waals surface area (Å²) in [6.07, 6.45) is 0. The maximum Gasteiger partial charge on any atom is 0.692 e. The first-order chi connectivity index (χ1) is 2.73. The Morgan fingerprint density at radius 1 is 1.50 bits per heavy atom. The predicted octanol–water partition coefficient (Wildman–Crippen LogP) is 0.680. The van der Waals surface area contributed by atoms with Crippen LogP contribution in [0.1, 0.15) is 0 Å². The Morgan fingerprint density at radius 2 is 1.50 bits per heavy atom. The highest BCUT2D eigenvalue weighted by Crippen LogP contribution is 1.98. The SMILES string of the molecule is CI.O=[P+](O)O. The van der Waals surface area contributed by atoms with Gasteiger partial charge in [0.05, 0.1) is 0 Å². The lowest BCUT2D eigenvalue weighted by molar-refractivity contribution is 0.405. The second kappa shape index (κ2) is 9.23. The van der Waals surface area contributed by atoms with Crippen molar-refractivity contribution in [1.29, 1.82) is 0 Å². The van der Waals surface area contributed by atoms with Gasteiger partial charge in [0.2, 0.25) is 0 Å². The Kier molecular flexibility index (Phi) is 15.2. The molecule has 0 saturated heterocycles. The molecule has 3 nitrogen and oxygen atoms in total. The minimum Gasteiger partial charge on any atom is -0.134 e. The highest BCUT2D eigenvalue weighted by atomic mass is 127. The van der Waals surface area contributed by atoms with Crippen molar-refractivity contribution in [3.63, 3.8) is 0 Å². The fourth-order valence-electron chi connectivity index (χ4n) is 0. The largest absolute Gasteiger partial charge is 0.692 e. The number of hydrogen-bond acceptors (Lipinski definition) is 1. The van der Waals surface area contributed by atoms with Crippen molar-refractivity contribution in [3.8, 4) is 0 Å². The van der Waals surface area contributed by atoms with Crippen molar-refractivity contribution < 1.29 is 14.4 Å². The lowest BCUT2D eigenvalue weighted by Gasteiger charge is -1.34. The third kappa shape index (κ3) is 119. The van der Waals surface area contributed by atoms with Crippen molar-refractivity contribution in [3.05, 3.63) is 0 Å². The molecule has 0 aliphatic rings. The summed E-state index contributed by atoms with van der Waals surface area (Å²) in [5, 5.41) is 0. The zero-order valence-electron chi connectivity index (χ0n) is 3.13. The summed E-state index contributed by atoms with van der Waals surface area (Å²) in [7, 11) is -2.87. The predicted molar refractivity (Wildman–Crippen MR) is 32.0 cm³/mol. The van der Waals surface area contributed by atoms with E-state index in [0.29, 0.717) is 0 Å². The summed E-state index contributed by atoms with van der Waals surface area (Å²) in [6.45, 7) is 0. The summed E-state index contributed by atoms with van der Waals surface area (Å²) in [6, 6.07) is 0. The first-order valence-electron chi connectivity index (χ1n) is 0.961. The first-order valence-corrected chi connectivity index (χ1v) is 4.28. The zero-order valence-corrected chi connectivity index (χ0v) is 6.18. The molecule has 0 heterocycles. The van der Waals surface area contributed by atoms with E-state index in [2.05, 4.69) is 22.6 Å². The van der Waals surface area contributed by atoms with E-state index in [1.807, 2.05) is 4.93 Å². The number of hydrogen-bond donors (Lipinski definition) is 2.